The molecule has 1 saturated heterocycles. The van der Waals surface area contributed by atoms with Gasteiger partial charge >= 0.3 is 5.97 Å². The lowest BCUT2D eigenvalue weighted by Gasteiger charge is -2.31. The monoisotopic (exact) mass is 554 g/mol. The smallest absolute Gasteiger partial charge is 0.306 e. The summed E-state index contributed by atoms with van der Waals surface area (Å²) in [5.74, 6) is 0.236. The first-order valence-electron chi connectivity index (χ1n) is 14.9. The number of carbonyl (C=O) groups is 1. The van der Waals surface area contributed by atoms with Crippen molar-refractivity contribution in [1.29, 1.82) is 0 Å². The van der Waals surface area contributed by atoms with E-state index in [2.05, 4.69) is 10.1 Å². The molecule has 0 spiro atoms. The van der Waals surface area contributed by atoms with Crippen LogP contribution in [0.5, 0.6) is 0 Å². The molecule has 1 aromatic carbocycles. The number of carboxylic acid groups (broad SMARTS) is 1. The van der Waals surface area contributed by atoms with Gasteiger partial charge in [-0.15, -0.1) is 0 Å². The number of nitrogens with zero attached hydrogens (tertiary/aromatic N) is 4. The molecule has 40 heavy (non-hydrogen) atoms. The van der Waals surface area contributed by atoms with Gasteiger partial charge in [0.2, 0.25) is 0 Å². The van der Waals surface area contributed by atoms with Gasteiger partial charge in [0.25, 0.3) is 5.56 Å². The van der Waals surface area contributed by atoms with Crippen molar-refractivity contribution >= 4 is 16.9 Å². The highest BCUT2D eigenvalue weighted by Gasteiger charge is 2.26. The molecular weight excluding hydrogens is 511 g/mol. The molecule has 1 N–H and O–H groups in total. The van der Waals surface area contributed by atoms with Crippen molar-refractivity contribution in [2.75, 3.05) is 19.6 Å². The van der Waals surface area contributed by atoms with Crippen molar-refractivity contribution in [2.45, 2.75) is 97.4 Å². The molecule has 3 aromatic rings. The van der Waals surface area contributed by atoms with Crippen LogP contribution in [-0.4, -0.2) is 50.3 Å². The normalized spacial score (nSPS) is 16.1. The lowest BCUT2D eigenvalue weighted by atomic mass is 9.91. The van der Waals surface area contributed by atoms with Crippen LogP contribution in [0, 0.1) is 18.7 Å². The van der Waals surface area contributed by atoms with E-state index in [0.717, 1.165) is 119 Å². The minimum absolute atomic E-state index is 0.102. The minimum atomic E-state index is -0.635. The Morgan fingerprint density at radius 2 is 1.88 bits per heavy atom. The number of halogens is 1. The Labute approximate surface area is 235 Å². The summed E-state index contributed by atoms with van der Waals surface area (Å²) in [6.07, 6.45) is 9.39. The Morgan fingerprint density at radius 1 is 1.15 bits per heavy atom. The van der Waals surface area contributed by atoms with Gasteiger partial charge < -0.3 is 14.5 Å². The van der Waals surface area contributed by atoms with E-state index in [9.17, 15) is 14.0 Å². The van der Waals surface area contributed by atoms with Crippen LogP contribution in [0.4, 0.5) is 4.39 Å². The molecule has 0 atom stereocenters. The maximum absolute atomic E-state index is 13.4. The Morgan fingerprint density at radius 3 is 2.55 bits per heavy atom. The average molecular weight is 555 g/mol. The number of benzene rings is 1. The number of hydrogen-bond acceptors (Lipinski definition) is 6. The summed E-state index contributed by atoms with van der Waals surface area (Å²) in [5.41, 5.74) is 3.38. The summed E-state index contributed by atoms with van der Waals surface area (Å²) in [5, 5.41) is 13.8. The fourth-order valence-corrected chi connectivity index (χ4v) is 6.03. The molecule has 2 aliphatic heterocycles. The van der Waals surface area contributed by atoms with Crippen molar-refractivity contribution in [3.63, 3.8) is 0 Å². The van der Waals surface area contributed by atoms with Crippen LogP contribution in [-0.2, 0) is 24.2 Å². The molecule has 0 unspecified atom stereocenters. The van der Waals surface area contributed by atoms with Crippen molar-refractivity contribution in [1.82, 2.24) is 19.6 Å². The number of carboxylic acids is 1. The standard InChI is InChI=1S/C23H27FN4O2.C8H16O2/c1-15-18(23(29)28-10-3-2-4-21(28)25-15)9-13-27-11-7-16(8-12-27)22-19-6-5-17(24)14-20(19)30-26-22;1-3-5-7(6-4-2)8(9)10/h5-6,14,16H,2-4,7-13H2,1H3;7H,3-6H2,1-2H3,(H,9,10). The number of fused-ring (bicyclic) bond motifs is 2. The van der Waals surface area contributed by atoms with E-state index in [-0.39, 0.29) is 17.3 Å². The molecule has 0 bridgehead atoms. The van der Waals surface area contributed by atoms with Gasteiger partial charge in [-0.1, -0.05) is 31.8 Å². The summed E-state index contributed by atoms with van der Waals surface area (Å²) in [6, 6.07) is 4.63. The molecule has 2 aromatic heterocycles. The molecule has 0 amide bonds. The molecule has 4 heterocycles. The number of likely N-dealkylation sites (tertiary alicyclic amines) is 1. The highest BCUT2D eigenvalue weighted by molar-refractivity contribution is 5.79. The Bertz CT molecular complexity index is 1340. The van der Waals surface area contributed by atoms with E-state index in [0.29, 0.717) is 11.5 Å². The van der Waals surface area contributed by atoms with Gasteiger partial charge in [-0.05, 0) is 77.1 Å². The second-order valence-electron chi connectivity index (χ2n) is 11.2. The fraction of sp³-hybridized carbons (Fsp3) is 0.613. The van der Waals surface area contributed by atoms with Crippen LogP contribution < -0.4 is 5.56 Å². The minimum Gasteiger partial charge on any atom is -0.481 e. The first kappa shape index (κ1) is 29.9. The predicted octanol–water partition coefficient (Wildman–Crippen LogP) is 5.88. The number of aromatic nitrogens is 3. The van der Waals surface area contributed by atoms with E-state index in [1.54, 1.807) is 6.07 Å². The Hall–Kier alpha value is -3.07. The third-order valence-electron chi connectivity index (χ3n) is 8.32. The van der Waals surface area contributed by atoms with Gasteiger partial charge in [-0.2, -0.15) is 0 Å². The van der Waals surface area contributed by atoms with Crippen LogP contribution in [0.2, 0.25) is 0 Å². The molecule has 0 radical (unpaired) electrons. The first-order chi connectivity index (χ1) is 19.3. The average Bonchev–Trinajstić information content (AvgIpc) is 3.36. The van der Waals surface area contributed by atoms with Gasteiger partial charge in [0.05, 0.1) is 11.6 Å². The predicted molar refractivity (Wildman–Crippen MR) is 153 cm³/mol. The molecule has 5 rings (SSSR count). The lowest BCUT2D eigenvalue weighted by Crippen LogP contribution is -2.37. The molecule has 9 heteroatoms. The Balaban J connectivity index is 0.000000318. The van der Waals surface area contributed by atoms with E-state index in [4.69, 9.17) is 14.6 Å². The van der Waals surface area contributed by atoms with Crippen LogP contribution in [0.15, 0.2) is 27.5 Å². The fourth-order valence-electron chi connectivity index (χ4n) is 6.03. The topological polar surface area (TPSA) is 101 Å². The van der Waals surface area contributed by atoms with Gasteiger partial charge in [0.15, 0.2) is 5.58 Å². The van der Waals surface area contributed by atoms with Crippen LogP contribution in [0.3, 0.4) is 0 Å². The maximum Gasteiger partial charge on any atom is 0.306 e. The second kappa shape index (κ2) is 14.0. The molecule has 1 fully saturated rings. The molecule has 2 aliphatic rings. The SMILES string of the molecule is CCCC(CCC)C(=O)O.Cc1nc2n(c(=O)c1CCN1CCC(c3noc4cc(F)ccc34)CC1)CCCC2. The van der Waals surface area contributed by atoms with Gasteiger partial charge in [0.1, 0.15) is 11.6 Å². The number of aliphatic carboxylic acids is 1. The number of hydrogen-bond donors (Lipinski definition) is 1. The quantitative estimate of drug-likeness (QED) is 0.353. The van der Waals surface area contributed by atoms with Gasteiger partial charge in [0, 0.05) is 48.1 Å². The van der Waals surface area contributed by atoms with Gasteiger partial charge in [-0.25, -0.2) is 9.37 Å². The molecule has 0 aliphatic carbocycles. The third-order valence-corrected chi connectivity index (χ3v) is 8.32. The van der Waals surface area contributed by atoms with Crippen LogP contribution >= 0.6 is 0 Å². The summed E-state index contributed by atoms with van der Waals surface area (Å²) in [7, 11) is 0. The highest BCUT2D eigenvalue weighted by Crippen LogP contribution is 2.32. The zero-order chi connectivity index (χ0) is 28.6. The zero-order valence-electron chi connectivity index (χ0n) is 24.1. The van der Waals surface area contributed by atoms with Crippen LogP contribution in [0.1, 0.15) is 93.9 Å². The van der Waals surface area contributed by atoms with E-state index in [1.165, 1.54) is 12.1 Å². The van der Waals surface area contributed by atoms with Crippen molar-refractivity contribution < 1.29 is 18.8 Å². The van der Waals surface area contributed by atoms with Crippen LogP contribution in [0.25, 0.3) is 11.0 Å². The number of aryl methyl sites for hydroxylation is 2. The van der Waals surface area contributed by atoms with E-state index < -0.39 is 5.97 Å². The molecule has 8 nitrogen and oxygen atoms in total. The Kier molecular flexibility index (Phi) is 10.5. The largest absolute Gasteiger partial charge is 0.481 e. The number of piperidine rings is 1. The molecule has 218 valence electrons. The number of rotatable bonds is 9. The van der Waals surface area contributed by atoms with Crippen molar-refractivity contribution in [3.8, 4) is 0 Å². The van der Waals surface area contributed by atoms with Crippen molar-refractivity contribution in [2.24, 2.45) is 5.92 Å². The highest BCUT2D eigenvalue weighted by atomic mass is 19.1. The summed E-state index contributed by atoms with van der Waals surface area (Å²) >= 11 is 0. The summed E-state index contributed by atoms with van der Waals surface area (Å²) < 4.78 is 20.6. The zero-order valence-corrected chi connectivity index (χ0v) is 24.1. The van der Waals surface area contributed by atoms with E-state index >= 15 is 0 Å². The van der Waals surface area contributed by atoms with Gasteiger partial charge in [-0.3, -0.25) is 14.2 Å². The first-order valence-corrected chi connectivity index (χ1v) is 14.9. The van der Waals surface area contributed by atoms with Crippen molar-refractivity contribution in [3.05, 3.63) is 57.1 Å². The van der Waals surface area contributed by atoms with E-state index in [1.807, 2.05) is 25.3 Å². The molecule has 0 saturated carbocycles. The summed E-state index contributed by atoms with van der Waals surface area (Å²) in [6.45, 7) is 9.59. The maximum atomic E-state index is 13.4. The summed E-state index contributed by atoms with van der Waals surface area (Å²) in [4.78, 5) is 30.5. The second-order valence-corrected chi connectivity index (χ2v) is 11.2. The molecular formula is C31H43FN4O4. The third kappa shape index (κ3) is 7.16. The lowest BCUT2D eigenvalue weighted by molar-refractivity contribution is -0.142.